The number of rotatable bonds is 6. The van der Waals surface area contributed by atoms with Gasteiger partial charge in [0.25, 0.3) is 0 Å². The molecule has 0 aliphatic heterocycles. The first kappa shape index (κ1) is 16.2. The minimum atomic E-state index is -0.715. The molecule has 114 valence electrons. The highest BCUT2D eigenvalue weighted by molar-refractivity contribution is 6.35. The van der Waals surface area contributed by atoms with Gasteiger partial charge in [-0.1, -0.05) is 41.3 Å². The van der Waals surface area contributed by atoms with Gasteiger partial charge in [0.05, 0.1) is 12.6 Å². The summed E-state index contributed by atoms with van der Waals surface area (Å²) in [5.74, 6) is 1.21. The van der Waals surface area contributed by atoms with Crippen LogP contribution in [0.15, 0.2) is 22.7 Å². The molecule has 0 aliphatic carbocycles. The van der Waals surface area contributed by atoms with Crippen molar-refractivity contribution < 1.29 is 9.63 Å². The molecule has 1 aromatic heterocycles. The van der Waals surface area contributed by atoms with Gasteiger partial charge in [0.1, 0.15) is 0 Å². The zero-order chi connectivity index (χ0) is 15.4. The Morgan fingerprint density at radius 1 is 1.38 bits per heavy atom. The van der Waals surface area contributed by atoms with Crippen LogP contribution in [0, 0.1) is 0 Å². The number of aromatic nitrogens is 2. The Balaban J connectivity index is 1.96. The van der Waals surface area contributed by atoms with Gasteiger partial charge in [0, 0.05) is 28.6 Å². The molecule has 5 nitrogen and oxygen atoms in total. The second kappa shape index (κ2) is 7.22. The number of benzene rings is 1. The molecular weight excluding hydrogens is 313 g/mol. The molecule has 0 saturated carbocycles. The van der Waals surface area contributed by atoms with Crippen LogP contribution >= 0.6 is 23.2 Å². The molecule has 0 bridgehead atoms. The lowest BCUT2D eigenvalue weighted by molar-refractivity contribution is 0.118. The molecule has 7 heteroatoms. The van der Waals surface area contributed by atoms with Crippen LogP contribution in [0.1, 0.15) is 30.3 Å². The smallest absolute Gasteiger partial charge is 0.240 e. The lowest BCUT2D eigenvalue weighted by Gasteiger charge is -2.20. The van der Waals surface area contributed by atoms with Crippen LogP contribution in [0.5, 0.6) is 0 Å². The van der Waals surface area contributed by atoms with Gasteiger partial charge in [-0.2, -0.15) is 4.98 Å². The average Bonchev–Trinajstić information content (AvgIpc) is 2.85. The highest BCUT2D eigenvalue weighted by Crippen LogP contribution is 2.26. The lowest BCUT2D eigenvalue weighted by atomic mass is 10.1. The standard InChI is InChI=1S/C14H17Cl2N3O2/c1-3-13-17-14(21-18-13)8-19(2)7-12(20)10-5-4-9(15)6-11(10)16/h4-6,12,20H,3,7-8H2,1-2H3. The molecule has 1 heterocycles. The van der Waals surface area contributed by atoms with Crippen molar-refractivity contribution >= 4 is 23.2 Å². The summed E-state index contributed by atoms with van der Waals surface area (Å²) in [6.45, 7) is 2.82. The predicted molar refractivity (Wildman–Crippen MR) is 81.4 cm³/mol. The topological polar surface area (TPSA) is 62.4 Å². The van der Waals surface area contributed by atoms with Crippen LogP contribution < -0.4 is 0 Å². The summed E-state index contributed by atoms with van der Waals surface area (Å²) in [6.07, 6.45) is 0.0179. The average molecular weight is 330 g/mol. The van der Waals surface area contributed by atoms with E-state index in [0.29, 0.717) is 40.4 Å². The fourth-order valence-electron chi connectivity index (χ4n) is 1.96. The Morgan fingerprint density at radius 3 is 2.76 bits per heavy atom. The van der Waals surface area contributed by atoms with Gasteiger partial charge in [-0.15, -0.1) is 0 Å². The van der Waals surface area contributed by atoms with Gasteiger partial charge in [-0.05, 0) is 19.2 Å². The van der Waals surface area contributed by atoms with E-state index in [1.807, 2.05) is 18.9 Å². The third-order valence-corrected chi connectivity index (χ3v) is 3.60. The molecule has 1 N–H and O–H groups in total. The number of aliphatic hydroxyl groups is 1. The molecule has 21 heavy (non-hydrogen) atoms. The second-order valence-corrected chi connectivity index (χ2v) is 5.68. The maximum Gasteiger partial charge on any atom is 0.240 e. The molecule has 1 atom stereocenters. The van der Waals surface area contributed by atoms with Crippen molar-refractivity contribution in [3.05, 3.63) is 45.5 Å². The van der Waals surface area contributed by atoms with Crippen molar-refractivity contribution in [2.45, 2.75) is 26.0 Å². The molecule has 0 radical (unpaired) electrons. The van der Waals surface area contributed by atoms with Crippen molar-refractivity contribution in [1.29, 1.82) is 0 Å². The van der Waals surface area contributed by atoms with E-state index in [4.69, 9.17) is 27.7 Å². The summed E-state index contributed by atoms with van der Waals surface area (Å²) < 4.78 is 5.13. The zero-order valence-electron chi connectivity index (χ0n) is 11.9. The Morgan fingerprint density at radius 2 is 2.14 bits per heavy atom. The van der Waals surface area contributed by atoms with E-state index in [2.05, 4.69) is 10.1 Å². The Kier molecular flexibility index (Phi) is 5.58. The number of aliphatic hydroxyl groups excluding tert-OH is 1. The van der Waals surface area contributed by atoms with E-state index in [0.717, 1.165) is 6.42 Å². The molecule has 0 saturated heterocycles. The van der Waals surface area contributed by atoms with Crippen molar-refractivity contribution in [3.63, 3.8) is 0 Å². The molecule has 2 aromatic rings. The van der Waals surface area contributed by atoms with Gasteiger partial charge >= 0.3 is 0 Å². The van der Waals surface area contributed by atoms with Crippen LogP contribution in [0.2, 0.25) is 10.0 Å². The highest BCUT2D eigenvalue weighted by Gasteiger charge is 2.16. The van der Waals surface area contributed by atoms with E-state index in [-0.39, 0.29) is 0 Å². The van der Waals surface area contributed by atoms with Crippen molar-refractivity contribution in [2.75, 3.05) is 13.6 Å². The lowest BCUT2D eigenvalue weighted by Crippen LogP contribution is -2.24. The predicted octanol–water partition coefficient (Wildman–Crippen LogP) is 3.10. The minimum absolute atomic E-state index is 0.394. The summed E-state index contributed by atoms with van der Waals surface area (Å²) in [7, 11) is 1.86. The van der Waals surface area contributed by atoms with Crippen LogP contribution in [0.3, 0.4) is 0 Å². The third-order valence-electron chi connectivity index (χ3n) is 3.04. The van der Waals surface area contributed by atoms with Gasteiger partial charge in [-0.3, -0.25) is 4.90 Å². The maximum absolute atomic E-state index is 10.3. The van der Waals surface area contributed by atoms with Gasteiger partial charge in [0.15, 0.2) is 5.82 Å². The number of aryl methyl sites for hydroxylation is 1. The van der Waals surface area contributed by atoms with Crippen LogP contribution in [-0.4, -0.2) is 33.7 Å². The third kappa shape index (κ3) is 4.41. The fourth-order valence-corrected chi connectivity index (χ4v) is 2.49. The Hall–Kier alpha value is -1.14. The zero-order valence-corrected chi connectivity index (χ0v) is 13.4. The minimum Gasteiger partial charge on any atom is -0.387 e. The van der Waals surface area contributed by atoms with Crippen LogP contribution in [0.4, 0.5) is 0 Å². The number of nitrogens with zero attached hydrogens (tertiary/aromatic N) is 3. The molecule has 0 fully saturated rings. The molecule has 2 rings (SSSR count). The van der Waals surface area contributed by atoms with Gasteiger partial charge in [0.2, 0.25) is 5.89 Å². The molecule has 1 aromatic carbocycles. The summed E-state index contributed by atoms with van der Waals surface area (Å²) in [5, 5.41) is 15.1. The molecule has 0 aliphatic rings. The summed E-state index contributed by atoms with van der Waals surface area (Å²) in [5.41, 5.74) is 0.646. The van der Waals surface area contributed by atoms with E-state index in [9.17, 15) is 5.11 Å². The second-order valence-electron chi connectivity index (χ2n) is 4.84. The normalized spacial score (nSPS) is 12.9. The van der Waals surface area contributed by atoms with Gasteiger partial charge in [-0.25, -0.2) is 0 Å². The van der Waals surface area contributed by atoms with E-state index < -0.39 is 6.10 Å². The molecule has 0 amide bonds. The number of halogens is 2. The molecular formula is C14H17Cl2N3O2. The quantitative estimate of drug-likeness (QED) is 0.882. The maximum atomic E-state index is 10.3. The SMILES string of the molecule is CCc1noc(CN(C)CC(O)c2ccc(Cl)cc2Cl)n1. The molecule has 1 unspecified atom stereocenters. The Labute approximate surface area is 133 Å². The summed E-state index contributed by atoms with van der Waals surface area (Å²) in [4.78, 5) is 6.12. The first-order valence-electron chi connectivity index (χ1n) is 6.62. The molecule has 0 spiro atoms. The van der Waals surface area contributed by atoms with Crippen LogP contribution in [0.25, 0.3) is 0 Å². The van der Waals surface area contributed by atoms with Crippen LogP contribution in [-0.2, 0) is 13.0 Å². The number of hydrogen-bond acceptors (Lipinski definition) is 5. The van der Waals surface area contributed by atoms with Crippen molar-refractivity contribution in [3.8, 4) is 0 Å². The fraction of sp³-hybridized carbons (Fsp3) is 0.429. The van der Waals surface area contributed by atoms with E-state index in [1.54, 1.807) is 18.2 Å². The monoisotopic (exact) mass is 329 g/mol. The highest BCUT2D eigenvalue weighted by atomic mass is 35.5. The van der Waals surface area contributed by atoms with Crippen molar-refractivity contribution in [1.82, 2.24) is 15.0 Å². The first-order valence-corrected chi connectivity index (χ1v) is 7.38. The summed E-state index contributed by atoms with van der Waals surface area (Å²) in [6, 6.07) is 5.05. The van der Waals surface area contributed by atoms with Gasteiger partial charge < -0.3 is 9.63 Å². The number of likely N-dealkylation sites (N-methyl/N-ethyl adjacent to an activating group) is 1. The first-order chi connectivity index (χ1) is 9.99. The van der Waals surface area contributed by atoms with E-state index >= 15 is 0 Å². The Bertz CT molecular complexity index is 604. The number of hydrogen-bond donors (Lipinski definition) is 1. The largest absolute Gasteiger partial charge is 0.387 e. The summed E-state index contributed by atoms with van der Waals surface area (Å²) >= 11 is 11.9. The van der Waals surface area contributed by atoms with E-state index in [1.165, 1.54) is 0 Å². The van der Waals surface area contributed by atoms with Crippen molar-refractivity contribution in [2.24, 2.45) is 0 Å².